The minimum atomic E-state index is -0.142. The average Bonchev–Trinajstić information content (AvgIpc) is 3.24. The fourth-order valence-electron chi connectivity index (χ4n) is 2.92. The largest absolute Gasteiger partial charge is 0.467 e. The molecule has 0 spiro atoms. The van der Waals surface area contributed by atoms with Gasteiger partial charge < -0.3 is 18.8 Å². The highest BCUT2D eigenvalue weighted by Crippen LogP contribution is 2.20. The number of hydrogen-bond acceptors (Lipinski definition) is 3. The number of aromatic nitrogens is 1. The van der Waals surface area contributed by atoms with Crippen LogP contribution in [0.25, 0.3) is 0 Å². The van der Waals surface area contributed by atoms with Gasteiger partial charge >= 0.3 is 0 Å². The van der Waals surface area contributed by atoms with Crippen molar-refractivity contribution in [2.24, 2.45) is 12.5 Å². The van der Waals surface area contributed by atoms with Gasteiger partial charge in [0.05, 0.1) is 19.4 Å². The lowest BCUT2D eigenvalue weighted by molar-refractivity contribution is -0.142. The molecule has 6 nitrogen and oxygen atoms in total. The smallest absolute Gasteiger partial charge is 0.242 e. The molecule has 0 aliphatic heterocycles. The van der Waals surface area contributed by atoms with E-state index in [-0.39, 0.29) is 23.8 Å². The molecule has 28 heavy (non-hydrogen) atoms. The van der Waals surface area contributed by atoms with Crippen molar-refractivity contribution in [1.82, 2.24) is 14.4 Å². The molecule has 0 aliphatic rings. The molecule has 0 aliphatic carbocycles. The number of carbonyl (C=O) groups is 2. The van der Waals surface area contributed by atoms with Gasteiger partial charge in [0.25, 0.3) is 0 Å². The van der Waals surface area contributed by atoms with E-state index in [0.717, 1.165) is 5.69 Å². The van der Waals surface area contributed by atoms with Crippen LogP contribution in [0.3, 0.4) is 0 Å². The van der Waals surface area contributed by atoms with Crippen molar-refractivity contribution in [3.8, 4) is 0 Å². The number of hydrogen-bond donors (Lipinski definition) is 0. The molecule has 0 saturated heterocycles. The van der Waals surface area contributed by atoms with E-state index in [9.17, 15) is 9.59 Å². The average molecular weight is 386 g/mol. The van der Waals surface area contributed by atoms with Crippen LogP contribution in [0.2, 0.25) is 0 Å². The Morgan fingerprint density at radius 1 is 1.14 bits per heavy atom. The van der Waals surface area contributed by atoms with E-state index in [1.165, 1.54) is 0 Å². The summed E-state index contributed by atoms with van der Waals surface area (Å²) in [6, 6.07) is 7.57. The van der Waals surface area contributed by atoms with Gasteiger partial charge in [0.1, 0.15) is 12.3 Å². The summed E-state index contributed by atoms with van der Waals surface area (Å²) in [5.74, 6) is 0.540. The number of aryl methyl sites for hydroxylation is 1. The Kier molecular flexibility index (Phi) is 7.26. The van der Waals surface area contributed by atoms with Gasteiger partial charge in [-0.2, -0.15) is 0 Å². The SMILES string of the molecule is C=CCN(CC(=O)N(Cc1ccco1)Cc1cccn1C)C(=O)CC(C)(C)C. The van der Waals surface area contributed by atoms with Crippen LogP contribution in [0.5, 0.6) is 0 Å². The standard InChI is InChI=1S/C22H31N3O3/c1-6-11-24(20(26)14-22(2,3)4)17-21(27)25(16-19-10-8-13-28-19)15-18-9-7-12-23(18)5/h6-10,12-13H,1,11,14-17H2,2-5H3. The summed E-state index contributed by atoms with van der Waals surface area (Å²) in [6.45, 7) is 10.9. The van der Waals surface area contributed by atoms with Crippen LogP contribution in [0.4, 0.5) is 0 Å². The first kappa shape index (κ1) is 21.5. The molecule has 152 valence electrons. The van der Waals surface area contributed by atoms with Gasteiger partial charge in [-0.25, -0.2) is 0 Å². The molecule has 0 atom stereocenters. The lowest BCUT2D eigenvalue weighted by Gasteiger charge is -2.28. The van der Waals surface area contributed by atoms with Crippen LogP contribution in [0.1, 0.15) is 38.6 Å². The molecule has 0 unspecified atom stereocenters. The van der Waals surface area contributed by atoms with E-state index in [1.54, 1.807) is 28.2 Å². The molecule has 2 amide bonds. The van der Waals surface area contributed by atoms with Gasteiger partial charge in [-0.3, -0.25) is 9.59 Å². The summed E-state index contributed by atoms with van der Waals surface area (Å²) in [4.78, 5) is 29.1. The number of furan rings is 1. The first-order valence-electron chi connectivity index (χ1n) is 9.48. The summed E-state index contributed by atoms with van der Waals surface area (Å²) in [5, 5.41) is 0. The van der Waals surface area contributed by atoms with Crippen molar-refractivity contribution >= 4 is 11.8 Å². The van der Waals surface area contributed by atoms with E-state index in [4.69, 9.17) is 4.42 Å². The number of amides is 2. The summed E-state index contributed by atoms with van der Waals surface area (Å²) in [5.41, 5.74) is 0.868. The van der Waals surface area contributed by atoms with Crippen molar-refractivity contribution in [2.75, 3.05) is 13.1 Å². The normalized spacial score (nSPS) is 11.3. The van der Waals surface area contributed by atoms with Crippen LogP contribution in [0.15, 0.2) is 53.8 Å². The lowest BCUT2D eigenvalue weighted by Crippen LogP contribution is -2.43. The highest BCUT2D eigenvalue weighted by Gasteiger charge is 2.25. The molecule has 0 N–H and O–H groups in total. The molecular weight excluding hydrogens is 354 g/mol. The predicted octanol–water partition coefficient (Wildman–Crippen LogP) is 3.60. The summed E-state index contributed by atoms with van der Waals surface area (Å²) in [6.07, 6.45) is 5.57. The highest BCUT2D eigenvalue weighted by atomic mass is 16.3. The zero-order valence-electron chi connectivity index (χ0n) is 17.4. The molecule has 2 aromatic heterocycles. The van der Waals surface area contributed by atoms with Crippen LogP contribution >= 0.6 is 0 Å². The van der Waals surface area contributed by atoms with Crippen LogP contribution < -0.4 is 0 Å². The molecule has 0 saturated carbocycles. The molecule has 2 heterocycles. The van der Waals surface area contributed by atoms with Crippen LogP contribution in [-0.4, -0.2) is 39.3 Å². The van der Waals surface area contributed by atoms with Crippen molar-refractivity contribution in [3.63, 3.8) is 0 Å². The van der Waals surface area contributed by atoms with Gasteiger partial charge in [0.15, 0.2) is 0 Å². The second-order valence-corrected chi connectivity index (χ2v) is 8.24. The Balaban J connectivity index is 2.15. The second kappa shape index (κ2) is 9.44. The number of rotatable bonds is 9. The van der Waals surface area contributed by atoms with Crippen molar-refractivity contribution in [2.45, 2.75) is 40.3 Å². The molecule has 2 rings (SSSR count). The lowest BCUT2D eigenvalue weighted by atomic mass is 9.91. The maximum Gasteiger partial charge on any atom is 0.242 e. The molecule has 0 radical (unpaired) electrons. The highest BCUT2D eigenvalue weighted by molar-refractivity contribution is 5.85. The van der Waals surface area contributed by atoms with Gasteiger partial charge in [0.2, 0.25) is 11.8 Å². The Morgan fingerprint density at radius 3 is 2.43 bits per heavy atom. The van der Waals surface area contributed by atoms with E-state index in [2.05, 4.69) is 6.58 Å². The Hall–Kier alpha value is -2.76. The zero-order chi connectivity index (χ0) is 20.7. The number of carbonyl (C=O) groups excluding carboxylic acids is 2. The molecular formula is C22H31N3O3. The molecule has 2 aromatic rings. The summed E-state index contributed by atoms with van der Waals surface area (Å²) < 4.78 is 7.41. The fraction of sp³-hybridized carbons (Fsp3) is 0.455. The van der Waals surface area contributed by atoms with E-state index < -0.39 is 0 Å². The molecule has 0 bridgehead atoms. The van der Waals surface area contributed by atoms with Gasteiger partial charge in [0, 0.05) is 31.9 Å². The third-order valence-corrected chi connectivity index (χ3v) is 4.39. The molecule has 0 aromatic carbocycles. The quantitative estimate of drug-likeness (QED) is 0.620. The predicted molar refractivity (Wildman–Crippen MR) is 109 cm³/mol. The van der Waals surface area contributed by atoms with E-state index in [0.29, 0.717) is 31.8 Å². The second-order valence-electron chi connectivity index (χ2n) is 8.24. The minimum Gasteiger partial charge on any atom is -0.467 e. The third kappa shape index (κ3) is 6.44. The van der Waals surface area contributed by atoms with Gasteiger partial charge in [-0.05, 0) is 29.7 Å². The van der Waals surface area contributed by atoms with Crippen molar-refractivity contribution in [3.05, 3.63) is 60.8 Å². The number of nitrogens with zero attached hydrogens (tertiary/aromatic N) is 3. The topological polar surface area (TPSA) is 58.7 Å². The zero-order valence-corrected chi connectivity index (χ0v) is 17.4. The minimum absolute atomic E-state index is 0.0199. The summed E-state index contributed by atoms with van der Waals surface area (Å²) in [7, 11) is 1.95. The third-order valence-electron chi connectivity index (χ3n) is 4.39. The van der Waals surface area contributed by atoms with Gasteiger partial charge in [-0.1, -0.05) is 26.8 Å². The maximum atomic E-state index is 13.1. The Labute approximate surface area is 167 Å². The fourth-order valence-corrected chi connectivity index (χ4v) is 2.92. The summed E-state index contributed by atoms with van der Waals surface area (Å²) >= 11 is 0. The van der Waals surface area contributed by atoms with E-state index in [1.807, 2.05) is 56.8 Å². The van der Waals surface area contributed by atoms with Gasteiger partial charge in [-0.15, -0.1) is 6.58 Å². The van der Waals surface area contributed by atoms with Crippen molar-refractivity contribution in [1.29, 1.82) is 0 Å². The van der Waals surface area contributed by atoms with Crippen LogP contribution in [-0.2, 0) is 29.7 Å². The first-order valence-corrected chi connectivity index (χ1v) is 9.48. The monoisotopic (exact) mass is 385 g/mol. The molecule has 6 heteroatoms. The van der Waals surface area contributed by atoms with Crippen LogP contribution in [0, 0.1) is 5.41 Å². The van der Waals surface area contributed by atoms with Crippen molar-refractivity contribution < 1.29 is 14.0 Å². The molecule has 0 fully saturated rings. The maximum absolute atomic E-state index is 13.1. The Bertz CT molecular complexity index is 784. The Morgan fingerprint density at radius 2 is 1.89 bits per heavy atom. The first-order chi connectivity index (χ1) is 13.2. The van der Waals surface area contributed by atoms with E-state index >= 15 is 0 Å².